The van der Waals surface area contributed by atoms with E-state index in [0.717, 1.165) is 30.1 Å². The molecule has 118 valence electrons. The highest BCUT2D eigenvalue weighted by Crippen LogP contribution is 2.21. The fourth-order valence-electron chi connectivity index (χ4n) is 2.47. The second-order valence-electron chi connectivity index (χ2n) is 5.71. The highest BCUT2D eigenvalue weighted by atomic mass is 16.1. The Morgan fingerprint density at radius 2 is 1.95 bits per heavy atom. The first-order valence-electron chi connectivity index (χ1n) is 7.75. The number of hydrogen-bond acceptors (Lipinski definition) is 3. The van der Waals surface area contributed by atoms with Crippen LogP contribution in [0.15, 0.2) is 30.3 Å². The molecule has 0 saturated carbocycles. The van der Waals surface area contributed by atoms with Gasteiger partial charge in [0.15, 0.2) is 5.82 Å². The Bertz CT molecular complexity index is 621. The fourth-order valence-corrected chi connectivity index (χ4v) is 2.47. The van der Waals surface area contributed by atoms with Gasteiger partial charge in [0.25, 0.3) is 0 Å². The van der Waals surface area contributed by atoms with Crippen LogP contribution in [0.4, 0.5) is 0 Å². The minimum absolute atomic E-state index is 0.00876. The van der Waals surface area contributed by atoms with Crippen LogP contribution in [0.3, 0.4) is 0 Å². The van der Waals surface area contributed by atoms with Crippen LogP contribution in [0.2, 0.25) is 0 Å². The van der Waals surface area contributed by atoms with Gasteiger partial charge in [-0.1, -0.05) is 50.6 Å². The van der Waals surface area contributed by atoms with Crippen molar-refractivity contribution in [1.82, 2.24) is 20.1 Å². The van der Waals surface area contributed by atoms with Crippen molar-refractivity contribution in [3.8, 4) is 0 Å². The average Bonchev–Trinajstić information content (AvgIpc) is 2.85. The first-order valence-corrected chi connectivity index (χ1v) is 7.75. The first-order chi connectivity index (χ1) is 10.5. The zero-order valence-electron chi connectivity index (χ0n) is 13.7. The van der Waals surface area contributed by atoms with Gasteiger partial charge in [-0.25, -0.2) is 0 Å². The van der Waals surface area contributed by atoms with Gasteiger partial charge in [-0.3, -0.25) is 4.79 Å². The zero-order valence-corrected chi connectivity index (χ0v) is 13.7. The summed E-state index contributed by atoms with van der Waals surface area (Å²) in [6.45, 7) is 5.95. The van der Waals surface area contributed by atoms with Crippen LogP contribution in [-0.2, 0) is 11.8 Å². The molecule has 2 unspecified atom stereocenters. The van der Waals surface area contributed by atoms with Crippen LogP contribution in [-0.4, -0.2) is 20.7 Å². The predicted octanol–water partition coefficient (Wildman–Crippen LogP) is 2.77. The number of amides is 1. The minimum Gasteiger partial charge on any atom is -0.342 e. The van der Waals surface area contributed by atoms with Crippen LogP contribution in [0.25, 0.3) is 0 Å². The predicted molar refractivity (Wildman–Crippen MR) is 86.2 cm³/mol. The third-order valence-electron chi connectivity index (χ3n) is 3.97. The summed E-state index contributed by atoms with van der Waals surface area (Å²) in [5.74, 6) is 1.62. The molecule has 2 aromatic rings. The molecule has 1 aromatic heterocycles. The molecule has 0 aliphatic rings. The van der Waals surface area contributed by atoms with Gasteiger partial charge in [0, 0.05) is 13.0 Å². The van der Waals surface area contributed by atoms with E-state index in [1.54, 1.807) is 0 Å². The van der Waals surface area contributed by atoms with E-state index in [0.29, 0.717) is 0 Å². The van der Waals surface area contributed by atoms with Crippen molar-refractivity contribution < 1.29 is 4.79 Å². The van der Waals surface area contributed by atoms with Crippen molar-refractivity contribution >= 4 is 5.91 Å². The summed E-state index contributed by atoms with van der Waals surface area (Å²) in [6.07, 6.45) is 1.87. The summed E-state index contributed by atoms with van der Waals surface area (Å²) in [5.41, 5.74) is 1.01. The molecular weight excluding hydrogens is 276 g/mol. The summed E-state index contributed by atoms with van der Waals surface area (Å²) < 4.78 is 1.92. The Morgan fingerprint density at radius 1 is 1.27 bits per heavy atom. The normalized spacial score (nSPS) is 13.6. The second-order valence-corrected chi connectivity index (χ2v) is 5.71. The van der Waals surface area contributed by atoms with Crippen LogP contribution in [0.1, 0.15) is 49.9 Å². The van der Waals surface area contributed by atoms with Gasteiger partial charge in [0.05, 0.1) is 0 Å². The second kappa shape index (κ2) is 7.20. The third-order valence-corrected chi connectivity index (χ3v) is 3.97. The van der Waals surface area contributed by atoms with E-state index in [1.165, 1.54) is 0 Å². The number of rotatable bonds is 6. The van der Waals surface area contributed by atoms with Crippen molar-refractivity contribution in [2.75, 3.05) is 0 Å². The van der Waals surface area contributed by atoms with Gasteiger partial charge in [0.1, 0.15) is 11.9 Å². The van der Waals surface area contributed by atoms with E-state index in [1.807, 2.05) is 55.8 Å². The van der Waals surface area contributed by atoms with Crippen molar-refractivity contribution in [1.29, 1.82) is 0 Å². The molecule has 5 heteroatoms. The Morgan fingerprint density at radius 3 is 2.50 bits per heavy atom. The van der Waals surface area contributed by atoms with E-state index in [4.69, 9.17) is 0 Å². The maximum Gasteiger partial charge on any atom is 0.223 e. The molecule has 1 N–H and O–H groups in total. The van der Waals surface area contributed by atoms with Gasteiger partial charge < -0.3 is 9.88 Å². The Hall–Kier alpha value is -2.17. The Labute approximate surface area is 131 Å². The maximum absolute atomic E-state index is 12.4. The molecule has 0 aliphatic carbocycles. The number of nitrogens with one attached hydrogen (secondary N) is 1. The molecule has 0 fully saturated rings. The molecule has 0 bridgehead atoms. The van der Waals surface area contributed by atoms with Crippen LogP contribution >= 0.6 is 0 Å². The molecule has 1 aromatic carbocycles. The minimum atomic E-state index is -0.279. The number of carbonyl (C=O) groups excluding carboxylic acids is 1. The molecule has 2 rings (SSSR count). The lowest BCUT2D eigenvalue weighted by atomic mass is 10.0. The fraction of sp³-hybridized carbons (Fsp3) is 0.471. The monoisotopic (exact) mass is 300 g/mol. The van der Waals surface area contributed by atoms with Crippen molar-refractivity contribution in [2.24, 2.45) is 13.0 Å². The van der Waals surface area contributed by atoms with E-state index >= 15 is 0 Å². The molecule has 0 saturated heterocycles. The maximum atomic E-state index is 12.4. The van der Waals surface area contributed by atoms with Crippen molar-refractivity contribution in [3.63, 3.8) is 0 Å². The largest absolute Gasteiger partial charge is 0.342 e. The Balaban J connectivity index is 2.31. The molecule has 0 aliphatic heterocycles. The number of aryl methyl sites for hydroxylation is 1. The number of benzene rings is 1. The molecule has 2 atom stereocenters. The molecule has 1 amide bonds. The van der Waals surface area contributed by atoms with E-state index < -0.39 is 0 Å². The van der Waals surface area contributed by atoms with Crippen molar-refractivity contribution in [2.45, 2.75) is 39.7 Å². The quantitative estimate of drug-likeness (QED) is 0.892. The van der Waals surface area contributed by atoms with Gasteiger partial charge >= 0.3 is 0 Å². The number of aromatic nitrogens is 3. The number of hydrogen-bond donors (Lipinski definition) is 1. The topological polar surface area (TPSA) is 59.8 Å². The molecular formula is C17H24N4O. The highest BCUT2D eigenvalue weighted by molar-refractivity contribution is 5.79. The molecule has 0 radical (unpaired) electrons. The van der Waals surface area contributed by atoms with Crippen molar-refractivity contribution in [3.05, 3.63) is 47.5 Å². The van der Waals surface area contributed by atoms with E-state index in [-0.39, 0.29) is 17.9 Å². The number of carbonyl (C=O) groups is 1. The summed E-state index contributed by atoms with van der Waals surface area (Å²) in [7, 11) is 1.92. The molecule has 22 heavy (non-hydrogen) atoms. The summed E-state index contributed by atoms with van der Waals surface area (Å²) in [6, 6.07) is 9.61. The zero-order chi connectivity index (χ0) is 16.1. The van der Waals surface area contributed by atoms with Crippen LogP contribution in [0, 0.1) is 12.8 Å². The van der Waals surface area contributed by atoms with Crippen LogP contribution in [0.5, 0.6) is 0 Å². The van der Waals surface area contributed by atoms with Gasteiger partial charge in [0.2, 0.25) is 5.91 Å². The lowest BCUT2D eigenvalue weighted by Crippen LogP contribution is -2.34. The lowest BCUT2D eigenvalue weighted by molar-refractivity contribution is -0.125. The first kappa shape index (κ1) is 16.2. The standard InChI is InChI=1S/C17H24N4O/c1-5-9-12(2)17(22)18-15(14-10-7-6-8-11-14)16-20-19-13(3)21(16)4/h6-8,10-12,15H,5,9H2,1-4H3,(H,18,22). The lowest BCUT2D eigenvalue weighted by Gasteiger charge is -2.21. The highest BCUT2D eigenvalue weighted by Gasteiger charge is 2.24. The van der Waals surface area contributed by atoms with Gasteiger partial charge in [-0.05, 0) is 18.9 Å². The Kier molecular flexibility index (Phi) is 5.31. The SMILES string of the molecule is CCCC(C)C(=O)NC(c1ccccc1)c1nnc(C)n1C. The van der Waals surface area contributed by atoms with E-state index in [9.17, 15) is 4.79 Å². The van der Waals surface area contributed by atoms with E-state index in [2.05, 4.69) is 22.4 Å². The molecule has 5 nitrogen and oxygen atoms in total. The average molecular weight is 300 g/mol. The third kappa shape index (κ3) is 3.53. The summed E-state index contributed by atoms with van der Waals surface area (Å²) in [5, 5.41) is 11.5. The number of nitrogens with zero attached hydrogens (tertiary/aromatic N) is 3. The molecule has 0 spiro atoms. The summed E-state index contributed by atoms with van der Waals surface area (Å²) in [4.78, 5) is 12.4. The van der Waals surface area contributed by atoms with Gasteiger partial charge in [-0.15, -0.1) is 10.2 Å². The summed E-state index contributed by atoms with van der Waals surface area (Å²) >= 11 is 0. The molecule has 1 heterocycles. The smallest absolute Gasteiger partial charge is 0.223 e. The van der Waals surface area contributed by atoms with Gasteiger partial charge in [-0.2, -0.15) is 0 Å². The van der Waals surface area contributed by atoms with Crippen LogP contribution < -0.4 is 5.32 Å².